The summed E-state index contributed by atoms with van der Waals surface area (Å²) in [4.78, 5) is 2.24. The fraction of sp³-hybridized carbons (Fsp3) is 0.875. The number of nitriles is 1. The summed E-state index contributed by atoms with van der Waals surface area (Å²) in [5.74, 6) is 0. The molecule has 4 nitrogen and oxygen atoms in total. The molecular formula is C8H15N2O2P. The molecule has 0 aromatic carbocycles. The molecule has 0 aromatic heterocycles. The Kier molecular flexibility index (Phi) is 5.26. The minimum absolute atomic E-state index is 0.0879. The number of nitrogens with zero attached hydrogens (tertiary/aromatic N) is 2. The van der Waals surface area contributed by atoms with E-state index in [9.17, 15) is 0 Å². The van der Waals surface area contributed by atoms with Crippen LogP contribution in [0.25, 0.3) is 0 Å². The number of hydrogen-bond donors (Lipinski definition) is 0. The van der Waals surface area contributed by atoms with Gasteiger partial charge in [0.2, 0.25) is 0 Å². The maximum atomic E-state index is 8.24. The minimum Gasteiger partial charge on any atom is -0.335 e. The van der Waals surface area contributed by atoms with E-state index in [2.05, 4.69) is 11.9 Å². The molecule has 1 heterocycles. The number of hydrogen-bond acceptors (Lipinski definition) is 4. The van der Waals surface area contributed by atoms with Gasteiger partial charge in [-0.1, -0.05) is 0 Å². The molecule has 0 aromatic rings. The van der Waals surface area contributed by atoms with Crippen LogP contribution in [0.3, 0.4) is 0 Å². The zero-order valence-corrected chi connectivity index (χ0v) is 8.82. The number of likely N-dealkylation sites (tertiary alicyclic amines) is 1. The van der Waals surface area contributed by atoms with Crippen LogP contribution in [-0.2, 0) is 9.05 Å². The van der Waals surface area contributed by atoms with Gasteiger partial charge in [0, 0.05) is 13.1 Å². The molecule has 0 N–H and O–H groups in total. The van der Waals surface area contributed by atoms with E-state index in [1.54, 1.807) is 0 Å². The highest BCUT2D eigenvalue weighted by Gasteiger charge is 2.19. The fourth-order valence-corrected chi connectivity index (χ4v) is 1.81. The molecule has 0 spiro atoms. The van der Waals surface area contributed by atoms with Crippen LogP contribution in [0.2, 0.25) is 0 Å². The Labute approximate surface area is 80.8 Å². The Hall–Kier alpha value is -0.200. The van der Waals surface area contributed by atoms with Crippen molar-refractivity contribution < 1.29 is 9.05 Å². The molecule has 74 valence electrons. The first-order chi connectivity index (χ1) is 6.33. The SMILES string of the molecule is CN1CC[C@H](OPOCCC#N)C1. The highest BCUT2D eigenvalue weighted by molar-refractivity contribution is 7.26. The molecule has 1 saturated heterocycles. The summed E-state index contributed by atoms with van der Waals surface area (Å²) in [6.07, 6.45) is 1.86. The van der Waals surface area contributed by atoms with Crippen LogP contribution in [0.15, 0.2) is 0 Å². The van der Waals surface area contributed by atoms with Gasteiger partial charge in [0.15, 0.2) is 9.03 Å². The summed E-state index contributed by atoms with van der Waals surface area (Å²) in [6, 6.07) is 2.02. The van der Waals surface area contributed by atoms with Crippen LogP contribution < -0.4 is 0 Å². The third kappa shape index (κ3) is 4.54. The first kappa shape index (κ1) is 10.9. The van der Waals surface area contributed by atoms with Gasteiger partial charge in [-0.25, -0.2) is 0 Å². The van der Waals surface area contributed by atoms with E-state index in [-0.39, 0.29) is 9.03 Å². The fourth-order valence-electron chi connectivity index (χ4n) is 1.23. The van der Waals surface area contributed by atoms with Gasteiger partial charge in [-0.2, -0.15) is 5.26 Å². The van der Waals surface area contributed by atoms with E-state index in [0.717, 1.165) is 19.5 Å². The average Bonchev–Trinajstić information content (AvgIpc) is 2.51. The normalized spacial score (nSPS) is 24.2. The monoisotopic (exact) mass is 202 g/mol. The average molecular weight is 202 g/mol. The Bertz CT molecular complexity index is 183. The number of rotatable bonds is 5. The summed E-state index contributed by atoms with van der Waals surface area (Å²) < 4.78 is 10.6. The van der Waals surface area contributed by atoms with Crippen LogP contribution in [-0.4, -0.2) is 37.7 Å². The highest BCUT2D eigenvalue weighted by Crippen LogP contribution is 2.22. The van der Waals surface area contributed by atoms with Crippen LogP contribution in [0.4, 0.5) is 0 Å². The molecule has 1 rings (SSSR count). The van der Waals surface area contributed by atoms with Crippen molar-refractivity contribution >= 4 is 9.03 Å². The molecule has 1 aliphatic rings. The molecule has 0 bridgehead atoms. The molecule has 1 fully saturated rings. The van der Waals surface area contributed by atoms with Gasteiger partial charge < -0.3 is 13.9 Å². The van der Waals surface area contributed by atoms with E-state index in [4.69, 9.17) is 14.3 Å². The van der Waals surface area contributed by atoms with E-state index < -0.39 is 0 Å². The predicted molar refractivity (Wildman–Crippen MR) is 51.5 cm³/mol. The standard InChI is InChI=1S/C8H15N2O2P/c1-10-5-3-8(7-10)12-13-11-6-2-4-9/h8,13H,2-3,5-7H2,1H3/t8-/m0/s1. The van der Waals surface area contributed by atoms with Gasteiger partial charge in [0.05, 0.1) is 25.2 Å². The van der Waals surface area contributed by atoms with Crippen molar-refractivity contribution in [1.82, 2.24) is 4.90 Å². The lowest BCUT2D eigenvalue weighted by molar-refractivity contribution is 0.198. The summed E-state index contributed by atoms with van der Waals surface area (Å²) in [6.45, 7) is 2.58. The van der Waals surface area contributed by atoms with Crippen molar-refractivity contribution in [2.24, 2.45) is 0 Å². The third-order valence-corrected chi connectivity index (χ3v) is 2.69. The molecule has 2 atom stereocenters. The third-order valence-electron chi connectivity index (χ3n) is 1.94. The van der Waals surface area contributed by atoms with Gasteiger partial charge in [0.25, 0.3) is 0 Å². The van der Waals surface area contributed by atoms with Gasteiger partial charge in [-0.15, -0.1) is 0 Å². The smallest absolute Gasteiger partial charge is 0.155 e. The highest BCUT2D eigenvalue weighted by atomic mass is 31.1. The van der Waals surface area contributed by atoms with E-state index in [1.807, 2.05) is 6.07 Å². The van der Waals surface area contributed by atoms with Crippen LogP contribution in [0.1, 0.15) is 12.8 Å². The van der Waals surface area contributed by atoms with Crippen molar-refractivity contribution in [1.29, 1.82) is 5.26 Å². The van der Waals surface area contributed by atoms with Gasteiger partial charge >= 0.3 is 0 Å². The Morgan fingerprint density at radius 1 is 1.69 bits per heavy atom. The topological polar surface area (TPSA) is 45.5 Å². The summed E-state index contributed by atoms with van der Waals surface area (Å²) in [5, 5.41) is 8.24. The summed E-state index contributed by atoms with van der Waals surface area (Å²) >= 11 is 0. The van der Waals surface area contributed by atoms with E-state index >= 15 is 0 Å². The van der Waals surface area contributed by atoms with Crippen LogP contribution in [0.5, 0.6) is 0 Å². The molecule has 1 aliphatic heterocycles. The van der Waals surface area contributed by atoms with Crippen molar-refractivity contribution in [2.75, 3.05) is 26.7 Å². The quantitative estimate of drug-likeness (QED) is 0.495. The largest absolute Gasteiger partial charge is 0.335 e. The lowest BCUT2D eigenvalue weighted by atomic mass is 10.3. The molecule has 0 radical (unpaired) electrons. The van der Waals surface area contributed by atoms with E-state index in [1.165, 1.54) is 0 Å². The zero-order chi connectivity index (χ0) is 9.52. The van der Waals surface area contributed by atoms with Crippen molar-refractivity contribution in [3.63, 3.8) is 0 Å². The molecule has 0 amide bonds. The second kappa shape index (κ2) is 6.28. The molecular weight excluding hydrogens is 187 g/mol. The maximum Gasteiger partial charge on any atom is 0.155 e. The van der Waals surface area contributed by atoms with Gasteiger partial charge in [0.1, 0.15) is 0 Å². The Morgan fingerprint density at radius 2 is 2.54 bits per heavy atom. The Morgan fingerprint density at radius 3 is 3.15 bits per heavy atom. The number of likely N-dealkylation sites (N-methyl/N-ethyl adjacent to an activating group) is 1. The molecule has 0 aliphatic carbocycles. The predicted octanol–water partition coefficient (Wildman–Crippen LogP) is 1.15. The summed E-state index contributed by atoms with van der Waals surface area (Å²) in [5.41, 5.74) is 0. The summed E-state index contributed by atoms with van der Waals surface area (Å²) in [7, 11) is 2.17. The first-order valence-electron chi connectivity index (χ1n) is 4.41. The van der Waals surface area contributed by atoms with Crippen LogP contribution in [0, 0.1) is 11.3 Å². The second-order valence-corrected chi connectivity index (χ2v) is 3.82. The first-order valence-corrected chi connectivity index (χ1v) is 5.22. The lowest BCUT2D eigenvalue weighted by Gasteiger charge is -2.10. The van der Waals surface area contributed by atoms with Gasteiger partial charge in [-0.3, -0.25) is 0 Å². The molecule has 5 heteroatoms. The van der Waals surface area contributed by atoms with Gasteiger partial charge in [-0.05, 0) is 13.5 Å². The van der Waals surface area contributed by atoms with Crippen molar-refractivity contribution in [3.05, 3.63) is 0 Å². The molecule has 1 unspecified atom stereocenters. The lowest BCUT2D eigenvalue weighted by Crippen LogP contribution is -2.16. The van der Waals surface area contributed by atoms with Crippen molar-refractivity contribution in [2.45, 2.75) is 18.9 Å². The van der Waals surface area contributed by atoms with E-state index in [0.29, 0.717) is 19.1 Å². The van der Waals surface area contributed by atoms with Crippen LogP contribution >= 0.6 is 9.03 Å². The Balaban J connectivity index is 1.92. The molecule has 13 heavy (non-hydrogen) atoms. The van der Waals surface area contributed by atoms with Crippen molar-refractivity contribution in [3.8, 4) is 6.07 Å². The molecule has 0 saturated carbocycles. The second-order valence-electron chi connectivity index (χ2n) is 3.13. The maximum absolute atomic E-state index is 8.24. The minimum atomic E-state index is 0.0879. The zero-order valence-electron chi connectivity index (χ0n) is 7.82.